The van der Waals surface area contributed by atoms with E-state index in [0.717, 1.165) is 5.92 Å². The molecule has 100 valence electrons. The zero-order chi connectivity index (χ0) is 13.0. The third-order valence-electron chi connectivity index (χ3n) is 4.17. The van der Waals surface area contributed by atoms with Crippen LogP contribution in [-0.2, 0) is 6.54 Å². The van der Waals surface area contributed by atoms with Crippen LogP contribution in [0.3, 0.4) is 0 Å². The average molecular weight is 246 g/mol. The molecule has 0 atom stereocenters. The molecule has 1 saturated heterocycles. The van der Waals surface area contributed by atoms with Crippen molar-refractivity contribution in [1.82, 2.24) is 0 Å². The minimum absolute atomic E-state index is 0.645. The maximum atomic E-state index is 5.87. The highest BCUT2D eigenvalue weighted by Gasteiger charge is 2.21. The Morgan fingerprint density at radius 2 is 2.00 bits per heavy atom. The summed E-state index contributed by atoms with van der Waals surface area (Å²) in [7, 11) is 0. The fraction of sp³-hybridized carbons (Fsp3) is 0.625. The quantitative estimate of drug-likeness (QED) is 0.881. The molecule has 2 N–H and O–H groups in total. The summed E-state index contributed by atoms with van der Waals surface area (Å²) in [6.45, 7) is 7.53. The van der Waals surface area contributed by atoms with Crippen molar-refractivity contribution >= 4 is 5.69 Å². The van der Waals surface area contributed by atoms with E-state index in [1.165, 1.54) is 55.6 Å². The zero-order valence-electron chi connectivity index (χ0n) is 11.8. The standard InChI is InChI=1S/C16H26N2/c1-3-5-14-8-10-18(11-9-14)16-13(2)6-4-7-15(16)12-17/h4,6-7,14H,3,5,8-12,17H2,1-2H3. The maximum absolute atomic E-state index is 5.87. The molecule has 0 aromatic heterocycles. The lowest BCUT2D eigenvalue weighted by molar-refractivity contribution is 0.378. The molecule has 2 nitrogen and oxygen atoms in total. The predicted octanol–water partition coefficient (Wildman–Crippen LogP) is 3.47. The van der Waals surface area contributed by atoms with Crippen LogP contribution in [0.4, 0.5) is 5.69 Å². The van der Waals surface area contributed by atoms with Crippen molar-refractivity contribution in [3.8, 4) is 0 Å². The van der Waals surface area contributed by atoms with Crippen LogP contribution in [0.2, 0.25) is 0 Å². The highest BCUT2D eigenvalue weighted by Crippen LogP contribution is 2.30. The van der Waals surface area contributed by atoms with Crippen molar-refractivity contribution in [2.45, 2.75) is 46.1 Å². The van der Waals surface area contributed by atoms with Crippen molar-refractivity contribution in [2.75, 3.05) is 18.0 Å². The number of aryl methyl sites for hydroxylation is 1. The van der Waals surface area contributed by atoms with E-state index in [1.54, 1.807) is 0 Å². The van der Waals surface area contributed by atoms with Gasteiger partial charge in [0.05, 0.1) is 0 Å². The Morgan fingerprint density at radius 3 is 2.61 bits per heavy atom. The first-order chi connectivity index (χ1) is 8.76. The second kappa shape index (κ2) is 6.24. The second-order valence-electron chi connectivity index (χ2n) is 5.51. The van der Waals surface area contributed by atoms with E-state index >= 15 is 0 Å². The topological polar surface area (TPSA) is 29.3 Å². The smallest absolute Gasteiger partial charge is 0.0441 e. The number of benzene rings is 1. The zero-order valence-corrected chi connectivity index (χ0v) is 11.8. The molecule has 0 bridgehead atoms. The van der Waals surface area contributed by atoms with Gasteiger partial charge in [0.1, 0.15) is 0 Å². The summed E-state index contributed by atoms with van der Waals surface area (Å²) in [4.78, 5) is 2.55. The molecule has 0 aliphatic carbocycles. The molecular formula is C16H26N2. The monoisotopic (exact) mass is 246 g/mol. The normalized spacial score (nSPS) is 17.2. The van der Waals surface area contributed by atoms with Crippen LogP contribution in [0.25, 0.3) is 0 Å². The molecule has 0 unspecified atom stereocenters. The van der Waals surface area contributed by atoms with Gasteiger partial charge in [0.25, 0.3) is 0 Å². The molecule has 1 heterocycles. The van der Waals surface area contributed by atoms with Crippen molar-refractivity contribution in [3.63, 3.8) is 0 Å². The number of anilines is 1. The van der Waals surface area contributed by atoms with Gasteiger partial charge in [-0.05, 0) is 36.8 Å². The van der Waals surface area contributed by atoms with Crippen molar-refractivity contribution in [1.29, 1.82) is 0 Å². The Morgan fingerprint density at radius 1 is 1.28 bits per heavy atom. The second-order valence-corrected chi connectivity index (χ2v) is 5.51. The molecule has 0 radical (unpaired) electrons. The largest absolute Gasteiger partial charge is 0.371 e. The van der Waals surface area contributed by atoms with Crippen molar-refractivity contribution in [3.05, 3.63) is 29.3 Å². The summed E-state index contributed by atoms with van der Waals surface area (Å²) in [6.07, 6.45) is 5.40. The summed E-state index contributed by atoms with van der Waals surface area (Å²) in [5.74, 6) is 0.941. The van der Waals surface area contributed by atoms with Crippen LogP contribution in [0.5, 0.6) is 0 Å². The number of rotatable bonds is 4. The fourth-order valence-corrected chi connectivity index (χ4v) is 3.19. The number of nitrogens with zero attached hydrogens (tertiary/aromatic N) is 1. The molecular weight excluding hydrogens is 220 g/mol. The van der Waals surface area contributed by atoms with E-state index in [2.05, 4.69) is 36.9 Å². The molecule has 2 heteroatoms. The summed E-state index contributed by atoms with van der Waals surface area (Å²) in [5.41, 5.74) is 9.94. The molecule has 1 aromatic carbocycles. The molecule has 1 aromatic rings. The van der Waals surface area contributed by atoms with Gasteiger partial charge in [0.2, 0.25) is 0 Å². The van der Waals surface area contributed by atoms with Crippen LogP contribution < -0.4 is 10.6 Å². The lowest BCUT2D eigenvalue weighted by Gasteiger charge is -2.35. The third-order valence-corrected chi connectivity index (χ3v) is 4.17. The molecule has 0 saturated carbocycles. The van der Waals surface area contributed by atoms with E-state index in [9.17, 15) is 0 Å². The van der Waals surface area contributed by atoms with Crippen LogP contribution >= 0.6 is 0 Å². The Hall–Kier alpha value is -1.02. The number of para-hydroxylation sites is 1. The maximum Gasteiger partial charge on any atom is 0.0441 e. The van der Waals surface area contributed by atoms with Gasteiger partial charge in [-0.3, -0.25) is 0 Å². The first kappa shape index (κ1) is 13.4. The lowest BCUT2D eigenvalue weighted by Crippen LogP contribution is -2.35. The first-order valence-corrected chi connectivity index (χ1v) is 7.29. The molecule has 1 fully saturated rings. The minimum Gasteiger partial charge on any atom is -0.371 e. The van der Waals surface area contributed by atoms with Crippen molar-refractivity contribution in [2.24, 2.45) is 11.7 Å². The summed E-state index contributed by atoms with van der Waals surface area (Å²) in [5, 5.41) is 0. The summed E-state index contributed by atoms with van der Waals surface area (Å²) >= 11 is 0. The van der Waals surface area contributed by atoms with Gasteiger partial charge in [0.15, 0.2) is 0 Å². The number of hydrogen-bond acceptors (Lipinski definition) is 2. The van der Waals surface area contributed by atoms with Crippen LogP contribution in [0.1, 0.15) is 43.7 Å². The Bertz CT molecular complexity index is 379. The Kier molecular flexibility index (Phi) is 4.65. The van der Waals surface area contributed by atoms with Crippen LogP contribution in [-0.4, -0.2) is 13.1 Å². The van der Waals surface area contributed by atoms with Gasteiger partial charge in [-0.2, -0.15) is 0 Å². The van der Waals surface area contributed by atoms with E-state index in [-0.39, 0.29) is 0 Å². The van der Waals surface area contributed by atoms with Crippen LogP contribution in [0.15, 0.2) is 18.2 Å². The lowest BCUT2D eigenvalue weighted by atomic mass is 9.91. The van der Waals surface area contributed by atoms with Gasteiger partial charge in [-0.1, -0.05) is 38.0 Å². The summed E-state index contributed by atoms with van der Waals surface area (Å²) < 4.78 is 0. The van der Waals surface area contributed by atoms with E-state index in [1.807, 2.05) is 0 Å². The number of piperidine rings is 1. The molecule has 0 amide bonds. The molecule has 0 spiro atoms. The van der Waals surface area contributed by atoms with Gasteiger partial charge in [-0.15, -0.1) is 0 Å². The van der Waals surface area contributed by atoms with Crippen molar-refractivity contribution < 1.29 is 0 Å². The van der Waals surface area contributed by atoms with Gasteiger partial charge in [-0.25, -0.2) is 0 Å². The number of hydrogen-bond donors (Lipinski definition) is 1. The number of nitrogens with two attached hydrogens (primary N) is 1. The fourth-order valence-electron chi connectivity index (χ4n) is 3.19. The SMILES string of the molecule is CCCC1CCN(c2c(C)cccc2CN)CC1. The average Bonchev–Trinajstić information content (AvgIpc) is 2.40. The van der Waals surface area contributed by atoms with Gasteiger partial charge >= 0.3 is 0 Å². The minimum atomic E-state index is 0.645. The highest BCUT2D eigenvalue weighted by molar-refractivity contribution is 5.59. The van der Waals surface area contributed by atoms with E-state index < -0.39 is 0 Å². The van der Waals surface area contributed by atoms with Crippen LogP contribution in [0, 0.1) is 12.8 Å². The third kappa shape index (κ3) is 2.86. The first-order valence-electron chi connectivity index (χ1n) is 7.29. The Balaban J connectivity index is 2.09. The Labute approximate surface area is 111 Å². The van der Waals surface area contributed by atoms with Gasteiger partial charge < -0.3 is 10.6 Å². The molecule has 1 aliphatic rings. The molecule has 1 aliphatic heterocycles. The van der Waals surface area contributed by atoms with Gasteiger partial charge in [0, 0.05) is 25.3 Å². The molecule has 18 heavy (non-hydrogen) atoms. The van der Waals surface area contributed by atoms with E-state index in [4.69, 9.17) is 5.73 Å². The van der Waals surface area contributed by atoms with E-state index in [0.29, 0.717) is 6.54 Å². The summed E-state index contributed by atoms with van der Waals surface area (Å²) in [6, 6.07) is 6.48. The highest BCUT2D eigenvalue weighted by atomic mass is 15.1. The predicted molar refractivity (Wildman–Crippen MR) is 78.9 cm³/mol. The molecule has 2 rings (SSSR count).